The lowest BCUT2D eigenvalue weighted by Crippen LogP contribution is -2.40. The maximum absolute atomic E-state index is 11.9. The van der Waals surface area contributed by atoms with Crippen molar-refractivity contribution in [2.45, 2.75) is 20.3 Å². The molecule has 0 spiro atoms. The van der Waals surface area contributed by atoms with Crippen LogP contribution < -0.4 is 5.32 Å². The molecule has 0 saturated heterocycles. The van der Waals surface area contributed by atoms with Gasteiger partial charge in [-0.05, 0) is 47.5 Å². The summed E-state index contributed by atoms with van der Waals surface area (Å²) in [7, 11) is 0. The molecule has 0 fully saturated rings. The third kappa shape index (κ3) is 3.94. The Hall–Kier alpha value is -1.07. The van der Waals surface area contributed by atoms with Crippen LogP contribution in [-0.4, -0.2) is 23.5 Å². The van der Waals surface area contributed by atoms with Gasteiger partial charge in [-0.25, -0.2) is 0 Å². The van der Waals surface area contributed by atoms with E-state index < -0.39 is 11.4 Å². The number of carboxylic acids is 1. The number of carbonyl (C=O) groups is 2. The van der Waals surface area contributed by atoms with E-state index in [0.717, 1.165) is 0 Å². The number of nitrogens with one attached hydrogen (secondary N) is 1. The lowest BCUT2D eigenvalue weighted by Gasteiger charge is -2.23. The molecule has 0 bridgehead atoms. The first kappa shape index (κ1) is 16.0. The van der Waals surface area contributed by atoms with Crippen molar-refractivity contribution in [3.63, 3.8) is 0 Å². The van der Waals surface area contributed by atoms with Crippen LogP contribution in [-0.2, 0) is 4.79 Å². The SMILES string of the molecule is CCC(C)(CNC(=O)c1ccc(Br)c(Cl)c1)C(=O)O. The van der Waals surface area contributed by atoms with Gasteiger partial charge in [-0.15, -0.1) is 0 Å². The molecule has 0 aliphatic rings. The van der Waals surface area contributed by atoms with Gasteiger partial charge in [0.2, 0.25) is 0 Å². The number of halogens is 2. The molecule has 19 heavy (non-hydrogen) atoms. The molecule has 1 rings (SSSR count). The minimum atomic E-state index is -0.963. The monoisotopic (exact) mass is 347 g/mol. The second kappa shape index (κ2) is 6.39. The average Bonchev–Trinajstić information content (AvgIpc) is 2.38. The highest BCUT2D eigenvalue weighted by Gasteiger charge is 2.31. The molecular weight excluding hydrogens is 334 g/mol. The van der Waals surface area contributed by atoms with Gasteiger partial charge in [-0.3, -0.25) is 9.59 Å². The minimum absolute atomic E-state index is 0.0748. The summed E-state index contributed by atoms with van der Waals surface area (Å²) in [6, 6.07) is 4.83. The van der Waals surface area contributed by atoms with Crippen molar-refractivity contribution in [2.75, 3.05) is 6.54 Å². The maximum atomic E-state index is 11.9. The molecule has 0 radical (unpaired) electrons. The van der Waals surface area contributed by atoms with E-state index in [1.54, 1.807) is 26.0 Å². The van der Waals surface area contributed by atoms with E-state index in [1.165, 1.54) is 6.07 Å². The number of carbonyl (C=O) groups excluding carboxylic acids is 1. The molecule has 1 aromatic carbocycles. The molecule has 6 heteroatoms. The summed E-state index contributed by atoms with van der Waals surface area (Å²) in [6.07, 6.45) is 0.434. The smallest absolute Gasteiger partial charge is 0.311 e. The molecule has 0 aliphatic heterocycles. The lowest BCUT2D eigenvalue weighted by molar-refractivity contribution is -0.147. The average molecular weight is 349 g/mol. The van der Waals surface area contributed by atoms with E-state index in [1.807, 2.05) is 0 Å². The zero-order chi connectivity index (χ0) is 14.6. The normalized spacial score (nSPS) is 13.7. The van der Waals surface area contributed by atoms with Crippen molar-refractivity contribution in [3.8, 4) is 0 Å². The molecule has 0 heterocycles. The Morgan fingerprint density at radius 2 is 2.11 bits per heavy atom. The number of aliphatic carboxylic acids is 1. The summed E-state index contributed by atoms with van der Waals surface area (Å²) in [5.41, 5.74) is -0.563. The van der Waals surface area contributed by atoms with E-state index in [2.05, 4.69) is 21.2 Å². The van der Waals surface area contributed by atoms with Gasteiger partial charge in [-0.1, -0.05) is 18.5 Å². The van der Waals surface area contributed by atoms with Crippen LogP contribution in [0.15, 0.2) is 22.7 Å². The number of hydrogen-bond donors (Lipinski definition) is 2. The molecule has 1 amide bonds. The topological polar surface area (TPSA) is 66.4 Å². The van der Waals surface area contributed by atoms with Crippen molar-refractivity contribution in [3.05, 3.63) is 33.3 Å². The fourth-order valence-electron chi connectivity index (χ4n) is 1.37. The van der Waals surface area contributed by atoms with E-state index in [-0.39, 0.29) is 12.5 Å². The standard InChI is InChI=1S/C13H15BrClNO3/c1-3-13(2,12(18)19)7-16-11(17)8-4-5-9(14)10(15)6-8/h4-6H,3,7H2,1-2H3,(H,16,17)(H,18,19). The van der Waals surface area contributed by atoms with Crippen molar-refractivity contribution in [1.82, 2.24) is 5.32 Å². The molecule has 2 N–H and O–H groups in total. The van der Waals surface area contributed by atoms with Crippen LogP contribution in [0.1, 0.15) is 30.6 Å². The Morgan fingerprint density at radius 1 is 1.47 bits per heavy atom. The second-order valence-corrected chi connectivity index (χ2v) is 5.79. The Bertz CT molecular complexity index is 507. The zero-order valence-electron chi connectivity index (χ0n) is 10.7. The van der Waals surface area contributed by atoms with Gasteiger partial charge in [0, 0.05) is 16.6 Å². The van der Waals surface area contributed by atoms with Crippen molar-refractivity contribution in [1.29, 1.82) is 0 Å². The highest BCUT2D eigenvalue weighted by Crippen LogP contribution is 2.24. The first-order valence-electron chi connectivity index (χ1n) is 5.77. The Morgan fingerprint density at radius 3 is 2.58 bits per heavy atom. The summed E-state index contributed by atoms with van der Waals surface area (Å²) in [5.74, 6) is -1.26. The molecule has 1 aromatic rings. The highest BCUT2D eigenvalue weighted by atomic mass is 79.9. The predicted molar refractivity (Wildman–Crippen MR) is 77.5 cm³/mol. The molecular formula is C13H15BrClNO3. The molecule has 1 atom stereocenters. The van der Waals surface area contributed by atoms with Gasteiger partial charge in [0.05, 0.1) is 10.4 Å². The van der Waals surface area contributed by atoms with E-state index in [4.69, 9.17) is 16.7 Å². The predicted octanol–water partition coefficient (Wildman–Crippen LogP) is 3.33. The van der Waals surface area contributed by atoms with Crippen molar-refractivity contribution >= 4 is 39.4 Å². The largest absolute Gasteiger partial charge is 0.481 e. The van der Waals surface area contributed by atoms with Crippen molar-refractivity contribution < 1.29 is 14.7 Å². The lowest BCUT2D eigenvalue weighted by atomic mass is 9.87. The first-order valence-corrected chi connectivity index (χ1v) is 6.94. The molecule has 0 saturated carbocycles. The molecule has 104 valence electrons. The maximum Gasteiger partial charge on any atom is 0.311 e. The summed E-state index contributed by atoms with van der Waals surface area (Å²) >= 11 is 9.14. The molecule has 4 nitrogen and oxygen atoms in total. The summed E-state index contributed by atoms with van der Waals surface area (Å²) in [6.45, 7) is 3.45. The van der Waals surface area contributed by atoms with Crippen LogP contribution in [0.5, 0.6) is 0 Å². The van der Waals surface area contributed by atoms with Gasteiger partial charge < -0.3 is 10.4 Å². The van der Waals surface area contributed by atoms with Crippen LogP contribution >= 0.6 is 27.5 Å². The van der Waals surface area contributed by atoms with Gasteiger partial charge in [0.15, 0.2) is 0 Å². The zero-order valence-corrected chi connectivity index (χ0v) is 13.0. The quantitative estimate of drug-likeness (QED) is 0.857. The third-order valence-electron chi connectivity index (χ3n) is 3.12. The fraction of sp³-hybridized carbons (Fsp3) is 0.385. The number of amides is 1. The molecule has 1 unspecified atom stereocenters. The van der Waals surface area contributed by atoms with E-state index >= 15 is 0 Å². The number of hydrogen-bond acceptors (Lipinski definition) is 2. The summed E-state index contributed by atoms with van der Waals surface area (Å²) < 4.78 is 0.703. The molecule has 0 aliphatic carbocycles. The van der Waals surface area contributed by atoms with Gasteiger partial charge in [0.25, 0.3) is 5.91 Å². The number of rotatable bonds is 5. The Labute approximate surface area is 125 Å². The van der Waals surface area contributed by atoms with Crippen LogP contribution in [0, 0.1) is 5.41 Å². The van der Waals surface area contributed by atoms with Crippen LogP contribution in [0.2, 0.25) is 5.02 Å². The fourth-order valence-corrected chi connectivity index (χ4v) is 1.79. The van der Waals surface area contributed by atoms with Crippen molar-refractivity contribution in [2.24, 2.45) is 5.41 Å². The number of carboxylic acid groups (broad SMARTS) is 1. The Kier molecular flexibility index (Phi) is 5.38. The minimum Gasteiger partial charge on any atom is -0.481 e. The van der Waals surface area contributed by atoms with Gasteiger partial charge in [-0.2, -0.15) is 0 Å². The molecule has 0 aromatic heterocycles. The highest BCUT2D eigenvalue weighted by molar-refractivity contribution is 9.10. The van der Waals surface area contributed by atoms with Crippen LogP contribution in [0.4, 0.5) is 0 Å². The number of benzene rings is 1. The van der Waals surface area contributed by atoms with E-state index in [9.17, 15) is 9.59 Å². The first-order chi connectivity index (χ1) is 8.80. The van der Waals surface area contributed by atoms with Crippen LogP contribution in [0.3, 0.4) is 0 Å². The second-order valence-electron chi connectivity index (χ2n) is 4.53. The third-order valence-corrected chi connectivity index (χ3v) is 4.35. The van der Waals surface area contributed by atoms with Gasteiger partial charge >= 0.3 is 5.97 Å². The summed E-state index contributed by atoms with van der Waals surface area (Å²) in [4.78, 5) is 23.0. The Balaban J connectivity index is 2.75. The van der Waals surface area contributed by atoms with E-state index in [0.29, 0.717) is 21.5 Å². The van der Waals surface area contributed by atoms with Crippen LogP contribution in [0.25, 0.3) is 0 Å². The summed E-state index contributed by atoms with van der Waals surface area (Å²) in [5, 5.41) is 12.2. The van der Waals surface area contributed by atoms with Gasteiger partial charge in [0.1, 0.15) is 0 Å².